The third-order valence-corrected chi connectivity index (χ3v) is 5.15. The van der Waals surface area contributed by atoms with Gasteiger partial charge in [0.1, 0.15) is 5.82 Å². The summed E-state index contributed by atoms with van der Waals surface area (Å²) in [7, 11) is 0. The third kappa shape index (κ3) is 5.39. The minimum Gasteiger partial charge on any atom is -0.463 e. The zero-order valence-corrected chi connectivity index (χ0v) is 19.5. The molecule has 190 valence electrons. The van der Waals surface area contributed by atoms with Crippen LogP contribution in [-0.4, -0.2) is 48.5 Å². The summed E-state index contributed by atoms with van der Waals surface area (Å²) in [6.07, 6.45) is -0.739. The van der Waals surface area contributed by atoms with Gasteiger partial charge in [0.05, 0.1) is 30.5 Å². The van der Waals surface area contributed by atoms with E-state index in [1.165, 1.54) is 21.5 Å². The Morgan fingerprint density at radius 3 is 2.72 bits per heavy atom. The van der Waals surface area contributed by atoms with Crippen LogP contribution >= 0.6 is 0 Å². The number of esters is 1. The number of H-pyrrole nitrogens is 1. The van der Waals surface area contributed by atoms with Gasteiger partial charge in [-0.05, 0) is 31.0 Å². The fraction of sp³-hybridized carbons (Fsp3) is 0.348. The first-order valence-electron chi connectivity index (χ1n) is 11.2. The number of hydrogen-bond donors (Lipinski definition) is 1. The summed E-state index contributed by atoms with van der Waals surface area (Å²) in [6.45, 7) is 3.75. The van der Waals surface area contributed by atoms with Crippen molar-refractivity contribution in [3.05, 3.63) is 58.1 Å². The molecule has 0 aliphatic heterocycles. The quantitative estimate of drug-likeness (QED) is 0.347. The van der Waals surface area contributed by atoms with Gasteiger partial charge in [-0.3, -0.25) is 14.0 Å². The van der Waals surface area contributed by atoms with Crippen molar-refractivity contribution in [2.24, 2.45) is 0 Å². The number of halogens is 3. The molecule has 0 atom stereocenters. The average Bonchev–Trinajstić information content (AvgIpc) is 3.47. The lowest BCUT2D eigenvalue weighted by Crippen LogP contribution is -2.26. The summed E-state index contributed by atoms with van der Waals surface area (Å²) < 4.78 is 52.0. The van der Waals surface area contributed by atoms with E-state index in [2.05, 4.69) is 20.1 Å². The van der Waals surface area contributed by atoms with Gasteiger partial charge in [-0.15, -0.1) is 0 Å². The van der Waals surface area contributed by atoms with E-state index < -0.39 is 29.9 Å². The van der Waals surface area contributed by atoms with Gasteiger partial charge in [0, 0.05) is 12.7 Å². The van der Waals surface area contributed by atoms with E-state index >= 15 is 0 Å². The molecule has 0 fully saturated rings. The third-order valence-electron chi connectivity index (χ3n) is 5.15. The fourth-order valence-electron chi connectivity index (χ4n) is 3.57. The average molecular weight is 504 g/mol. The number of imidazole rings is 1. The van der Waals surface area contributed by atoms with Crippen molar-refractivity contribution in [3.8, 4) is 17.4 Å². The van der Waals surface area contributed by atoms with Crippen molar-refractivity contribution < 1.29 is 27.4 Å². The largest absolute Gasteiger partial charge is 0.463 e. The molecule has 13 heteroatoms. The van der Waals surface area contributed by atoms with Crippen molar-refractivity contribution in [1.82, 2.24) is 29.3 Å². The van der Waals surface area contributed by atoms with Crippen molar-refractivity contribution in [3.63, 3.8) is 0 Å². The number of nitrogens with zero attached hydrogens (tertiary/aromatic N) is 5. The summed E-state index contributed by atoms with van der Waals surface area (Å²) in [5.74, 6) is -0.290. The minimum absolute atomic E-state index is 0.0549. The molecule has 0 amide bonds. The smallest absolute Gasteiger partial charge is 0.416 e. The molecule has 0 aliphatic rings. The van der Waals surface area contributed by atoms with Gasteiger partial charge in [-0.25, -0.2) is 9.78 Å². The lowest BCUT2D eigenvalue weighted by Gasteiger charge is -2.11. The zero-order chi connectivity index (χ0) is 25.9. The molecule has 3 heterocycles. The highest BCUT2D eigenvalue weighted by atomic mass is 19.4. The number of aromatic amines is 1. The summed E-state index contributed by atoms with van der Waals surface area (Å²) in [5, 5.41) is 4.20. The van der Waals surface area contributed by atoms with E-state index in [4.69, 9.17) is 9.47 Å². The maximum Gasteiger partial charge on any atom is 0.416 e. The lowest BCUT2D eigenvalue weighted by atomic mass is 10.1. The highest BCUT2D eigenvalue weighted by molar-refractivity contribution is 5.75. The van der Waals surface area contributed by atoms with Gasteiger partial charge in [0.2, 0.25) is 0 Å². The molecule has 1 N–H and O–H groups in total. The van der Waals surface area contributed by atoms with Crippen LogP contribution in [0.2, 0.25) is 0 Å². The fourth-order valence-corrected chi connectivity index (χ4v) is 3.57. The van der Waals surface area contributed by atoms with E-state index in [0.717, 1.165) is 12.1 Å². The molecule has 0 radical (unpaired) electrons. The summed E-state index contributed by atoms with van der Waals surface area (Å²) >= 11 is 0. The van der Waals surface area contributed by atoms with Crippen LogP contribution in [0.25, 0.3) is 22.6 Å². The second kappa shape index (κ2) is 10.2. The van der Waals surface area contributed by atoms with E-state index in [9.17, 15) is 22.8 Å². The number of alkyl halides is 3. The molecule has 0 bridgehead atoms. The SMILES string of the molecule is CCCn1c(OCC(=O)OCC)nc2nc(-c3cnn(Cc4cccc(C(F)(F)F)c4)c3)[nH]c2c1=O. The predicted molar refractivity (Wildman–Crippen MR) is 122 cm³/mol. The van der Waals surface area contributed by atoms with Gasteiger partial charge in [-0.2, -0.15) is 23.3 Å². The van der Waals surface area contributed by atoms with Gasteiger partial charge in [0.15, 0.2) is 17.8 Å². The summed E-state index contributed by atoms with van der Waals surface area (Å²) in [6, 6.07) is 4.95. The van der Waals surface area contributed by atoms with Crippen LogP contribution in [0.3, 0.4) is 0 Å². The van der Waals surface area contributed by atoms with E-state index in [-0.39, 0.29) is 30.3 Å². The standard InChI is InChI=1S/C23H23F3N6O4/c1-3-8-32-21(34)18-20(30-22(32)36-13-17(33)35-4-2)29-19(28-18)15-10-27-31(12-15)11-14-6-5-7-16(9-14)23(24,25)26/h5-7,9-10,12H,3-4,8,11,13H2,1-2H3,(H,28,29). The second-order valence-electron chi connectivity index (χ2n) is 7.85. The molecule has 0 spiro atoms. The van der Waals surface area contributed by atoms with Gasteiger partial charge < -0.3 is 14.5 Å². The molecule has 0 saturated heterocycles. The number of ether oxygens (including phenoxy) is 2. The van der Waals surface area contributed by atoms with Crippen molar-refractivity contribution in [2.75, 3.05) is 13.2 Å². The zero-order valence-electron chi connectivity index (χ0n) is 19.5. The van der Waals surface area contributed by atoms with E-state index in [1.54, 1.807) is 19.2 Å². The first-order valence-corrected chi connectivity index (χ1v) is 11.2. The molecule has 0 aliphatic carbocycles. The maximum atomic E-state index is 13.1. The number of rotatable bonds is 9. The summed E-state index contributed by atoms with van der Waals surface area (Å²) in [5.41, 5.74) is 0.0160. The molecule has 10 nitrogen and oxygen atoms in total. The first-order chi connectivity index (χ1) is 17.2. The van der Waals surface area contributed by atoms with Crippen LogP contribution in [0, 0.1) is 0 Å². The topological polar surface area (TPSA) is 117 Å². The predicted octanol–water partition coefficient (Wildman–Crippen LogP) is 3.40. The van der Waals surface area contributed by atoms with Crippen molar-refractivity contribution >= 4 is 17.1 Å². The maximum absolute atomic E-state index is 13.1. The van der Waals surface area contributed by atoms with E-state index in [0.29, 0.717) is 29.9 Å². The molecule has 0 saturated carbocycles. The van der Waals surface area contributed by atoms with Crippen LogP contribution in [0.5, 0.6) is 6.01 Å². The Morgan fingerprint density at radius 2 is 2.00 bits per heavy atom. The Hall–Kier alpha value is -4.16. The number of hydrogen-bond acceptors (Lipinski definition) is 7. The number of carbonyl (C=O) groups excluding carboxylic acids is 1. The monoisotopic (exact) mass is 504 g/mol. The number of nitrogens with one attached hydrogen (secondary N) is 1. The van der Waals surface area contributed by atoms with Gasteiger partial charge in [-0.1, -0.05) is 19.1 Å². The number of aromatic nitrogens is 6. The van der Waals surface area contributed by atoms with Crippen LogP contribution in [0.1, 0.15) is 31.4 Å². The number of benzene rings is 1. The normalized spacial score (nSPS) is 11.7. The molecule has 3 aromatic heterocycles. The Kier molecular flexibility index (Phi) is 7.08. The van der Waals surface area contributed by atoms with Crippen LogP contribution in [0.15, 0.2) is 41.5 Å². The Bertz CT molecular complexity index is 1440. The van der Waals surface area contributed by atoms with Crippen molar-refractivity contribution in [1.29, 1.82) is 0 Å². The molecule has 0 unspecified atom stereocenters. The Labute approximate surface area is 202 Å². The minimum atomic E-state index is -4.43. The first kappa shape index (κ1) is 24.9. The highest BCUT2D eigenvalue weighted by Crippen LogP contribution is 2.29. The van der Waals surface area contributed by atoms with Gasteiger partial charge in [0.25, 0.3) is 5.56 Å². The lowest BCUT2D eigenvalue weighted by molar-refractivity contribution is -0.145. The highest BCUT2D eigenvalue weighted by Gasteiger charge is 2.30. The Balaban J connectivity index is 1.61. The second-order valence-corrected chi connectivity index (χ2v) is 7.85. The van der Waals surface area contributed by atoms with Crippen LogP contribution < -0.4 is 10.3 Å². The summed E-state index contributed by atoms with van der Waals surface area (Å²) in [4.78, 5) is 36.3. The molecular weight excluding hydrogens is 481 g/mol. The molecular formula is C23H23F3N6O4. The number of fused-ring (bicyclic) bond motifs is 1. The Morgan fingerprint density at radius 1 is 1.19 bits per heavy atom. The molecule has 1 aromatic carbocycles. The molecule has 36 heavy (non-hydrogen) atoms. The van der Waals surface area contributed by atoms with Gasteiger partial charge >= 0.3 is 18.2 Å². The van der Waals surface area contributed by atoms with Crippen LogP contribution in [-0.2, 0) is 28.8 Å². The molecule has 4 aromatic rings. The number of carbonyl (C=O) groups is 1. The van der Waals surface area contributed by atoms with E-state index in [1.807, 2.05) is 6.92 Å². The van der Waals surface area contributed by atoms with Crippen LogP contribution in [0.4, 0.5) is 13.2 Å². The molecule has 4 rings (SSSR count). The van der Waals surface area contributed by atoms with Crippen molar-refractivity contribution in [2.45, 2.75) is 39.5 Å².